The Kier molecular flexibility index (Phi) is 3.88. The summed E-state index contributed by atoms with van der Waals surface area (Å²) in [5, 5.41) is 10.8. The van der Waals surface area contributed by atoms with Gasteiger partial charge in [-0.1, -0.05) is 0 Å². The van der Waals surface area contributed by atoms with E-state index in [0.29, 0.717) is 0 Å². The Morgan fingerprint density at radius 1 is 1.44 bits per heavy atom. The van der Waals surface area contributed by atoms with Crippen LogP contribution in [0.1, 0.15) is 16.7 Å². The molecule has 0 fully saturated rings. The van der Waals surface area contributed by atoms with Crippen LogP contribution in [-0.2, 0) is 0 Å². The van der Waals surface area contributed by atoms with Gasteiger partial charge in [-0.3, -0.25) is 5.41 Å². The highest BCUT2D eigenvalue weighted by atomic mass is 16.5. The van der Waals surface area contributed by atoms with Crippen LogP contribution in [0.2, 0.25) is 0 Å². The van der Waals surface area contributed by atoms with E-state index in [-0.39, 0.29) is 5.96 Å². The molecule has 0 bridgehead atoms. The maximum absolute atomic E-state index is 6.95. The Labute approximate surface area is 94.8 Å². The summed E-state index contributed by atoms with van der Waals surface area (Å²) in [4.78, 5) is 0. The molecule has 4 N–H and O–H groups in total. The fourth-order valence-electron chi connectivity index (χ4n) is 1.35. The summed E-state index contributed by atoms with van der Waals surface area (Å²) in [6.45, 7) is 3.98. The van der Waals surface area contributed by atoms with Crippen molar-refractivity contribution in [2.24, 2.45) is 10.8 Å². The van der Waals surface area contributed by atoms with Crippen molar-refractivity contribution in [3.63, 3.8) is 0 Å². The molecule has 86 valence electrons. The smallest absolute Gasteiger partial charge is 0.206 e. The van der Waals surface area contributed by atoms with E-state index in [2.05, 4.69) is 10.5 Å². The molecule has 5 heteroatoms. The summed E-state index contributed by atoms with van der Waals surface area (Å²) in [6.07, 6.45) is 1.63. The number of hydrogen-bond donors (Lipinski definition) is 3. The average molecular weight is 220 g/mol. The number of nitrogens with two attached hydrogens (primary N) is 1. The van der Waals surface area contributed by atoms with E-state index in [1.807, 2.05) is 26.0 Å². The first-order valence-electron chi connectivity index (χ1n) is 4.83. The normalized spacial score (nSPS) is 10.4. The van der Waals surface area contributed by atoms with Crippen molar-refractivity contribution < 1.29 is 4.74 Å². The van der Waals surface area contributed by atoms with Crippen LogP contribution in [0.25, 0.3) is 0 Å². The van der Waals surface area contributed by atoms with Gasteiger partial charge in [0.2, 0.25) is 5.96 Å². The third-order valence-electron chi connectivity index (χ3n) is 2.39. The van der Waals surface area contributed by atoms with Crippen LogP contribution in [0.5, 0.6) is 5.75 Å². The predicted molar refractivity (Wildman–Crippen MR) is 65.1 cm³/mol. The Balaban J connectivity index is 2.94. The first-order chi connectivity index (χ1) is 7.56. The van der Waals surface area contributed by atoms with E-state index in [1.54, 1.807) is 13.3 Å². The van der Waals surface area contributed by atoms with Crippen LogP contribution >= 0.6 is 0 Å². The number of methoxy groups -OCH3 is 1. The molecule has 0 atom stereocenters. The van der Waals surface area contributed by atoms with Crippen molar-refractivity contribution in [2.75, 3.05) is 7.11 Å². The van der Waals surface area contributed by atoms with E-state index >= 15 is 0 Å². The molecule has 0 unspecified atom stereocenters. The minimum atomic E-state index is -0.181. The quantitative estimate of drug-likeness (QED) is 0.405. The van der Waals surface area contributed by atoms with Gasteiger partial charge in [0, 0.05) is 0 Å². The molecule has 0 aromatic heterocycles. The van der Waals surface area contributed by atoms with Crippen LogP contribution in [0, 0.1) is 19.3 Å². The summed E-state index contributed by atoms with van der Waals surface area (Å²) in [5.41, 5.74) is 10.6. The summed E-state index contributed by atoms with van der Waals surface area (Å²) in [6, 6.07) is 3.80. The van der Waals surface area contributed by atoms with Gasteiger partial charge in [0.05, 0.1) is 13.3 Å². The van der Waals surface area contributed by atoms with Gasteiger partial charge in [0.25, 0.3) is 0 Å². The number of guanidine groups is 1. The molecule has 1 rings (SSSR count). The fourth-order valence-corrected chi connectivity index (χ4v) is 1.35. The molecule has 0 saturated heterocycles. The number of rotatable bonds is 3. The van der Waals surface area contributed by atoms with E-state index in [1.165, 1.54) is 0 Å². The van der Waals surface area contributed by atoms with Crippen molar-refractivity contribution in [1.29, 1.82) is 5.41 Å². The number of hydrogen-bond acceptors (Lipinski definition) is 3. The van der Waals surface area contributed by atoms with Gasteiger partial charge < -0.3 is 10.5 Å². The van der Waals surface area contributed by atoms with Crippen LogP contribution in [0.4, 0.5) is 0 Å². The second-order valence-electron chi connectivity index (χ2n) is 3.39. The Bertz CT molecular complexity index is 426. The largest absolute Gasteiger partial charge is 0.496 e. The third kappa shape index (κ3) is 2.73. The molecule has 0 spiro atoms. The number of nitrogens with one attached hydrogen (secondary N) is 2. The summed E-state index contributed by atoms with van der Waals surface area (Å²) >= 11 is 0. The number of hydrazone groups is 1. The molecule has 1 aromatic rings. The topological polar surface area (TPSA) is 83.5 Å². The molecule has 0 saturated carbocycles. The van der Waals surface area contributed by atoms with E-state index in [4.69, 9.17) is 15.9 Å². The van der Waals surface area contributed by atoms with Crippen molar-refractivity contribution >= 4 is 12.2 Å². The lowest BCUT2D eigenvalue weighted by atomic mass is 10.0. The van der Waals surface area contributed by atoms with Crippen LogP contribution in [-0.4, -0.2) is 19.3 Å². The second-order valence-corrected chi connectivity index (χ2v) is 3.39. The van der Waals surface area contributed by atoms with E-state index in [0.717, 1.165) is 22.4 Å². The zero-order valence-electron chi connectivity index (χ0n) is 9.66. The van der Waals surface area contributed by atoms with Gasteiger partial charge in [0.1, 0.15) is 5.75 Å². The van der Waals surface area contributed by atoms with Crippen molar-refractivity contribution in [2.45, 2.75) is 13.8 Å². The van der Waals surface area contributed by atoms with Crippen LogP contribution in [0.3, 0.4) is 0 Å². The van der Waals surface area contributed by atoms with Crippen LogP contribution < -0.4 is 15.9 Å². The third-order valence-corrected chi connectivity index (χ3v) is 2.39. The molecule has 1 aromatic carbocycles. The molecule has 5 nitrogen and oxygen atoms in total. The average Bonchev–Trinajstić information content (AvgIpc) is 2.24. The van der Waals surface area contributed by atoms with E-state index in [9.17, 15) is 0 Å². The summed E-state index contributed by atoms with van der Waals surface area (Å²) < 4.78 is 5.21. The number of benzene rings is 1. The van der Waals surface area contributed by atoms with Crippen molar-refractivity contribution in [1.82, 2.24) is 5.43 Å². The summed E-state index contributed by atoms with van der Waals surface area (Å²) in [5.74, 6) is 0.674. The van der Waals surface area contributed by atoms with Crippen molar-refractivity contribution in [3.05, 3.63) is 28.8 Å². The Morgan fingerprint density at radius 2 is 2.12 bits per heavy atom. The number of ether oxygens (including phenoxy) is 1. The van der Waals surface area contributed by atoms with Gasteiger partial charge in [0.15, 0.2) is 0 Å². The Hall–Kier alpha value is -2.04. The maximum Gasteiger partial charge on any atom is 0.206 e. The van der Waals surface area contributed by atoms with Crippen molar-refractivity contribution in [3.8, 4) is 5.75 Å². The first-order valence-corrected chi connectivity index (χ1v) is 4.83. The second kappa shape index (κ2) is 5.16. The molecule has 0 amide bonds. The van der Waals surface area contributed by atoms with E-state index < -0.39 is 0 Å². The zero-order valence-corrected chi connectivity index (χ0v) is 9.66. The SMILES string of the molecule is COc1ccc(/C=N/NC(=N)N)c(C)c1C. The molecule has 16 heavy (non-hydrogen) atoms. The fraction of sp³-hybridized carbons (Fsp3) is 0.273. The molecule has 0 aliphatic carbocycles. The minimum Gasteiger partial charge on any atom is -0.496 e. The highest BCUT2D eigenvalue weighted by Gasteiger charge is 2.04. The lowest BCUT2D eigenvalue weighted by Crippen LogP contribution is -2.25. The number of nitrogens with zero attached hydrogens (tertiary/aromatic N) is 1. The molecular weight excluding hydrogens is 204 g/mol. The predicted octanol–water partition coefficient (Wildman–Crippen LogP) is 1.13. The molecular formula is C11H16N4O. The highest BCUT2D eigenvalue weighted by molar-refractivity contribution is 5.84. The maximum atomic E-state index is 6.95. The van der Waals surface area contributed by atoms with Gasteiger partial charge in [-0.2, -0.15) is 5.10 Å². The summed E-state index contributed by atoms with van der Waals surface area (Å²) in [7, 11) is 1.65. The highest BCUT2D eigenvalue weighted by Crippen LogP contribution is 2.22. The molecule has 0 radical (unpaired) electrons. The lowest BCUT2D eigenvalue weighted by Gasteiger charge is -2.09. The lowest BCUT2D eigenvalue weighted by molar-refractivity contribution is 0.411. The van der Waals surface area contributed by atoms with Gasteiger partial charge >= 0.3 is 0 Å². The Morgan fingerprint density at radius 3 is 2.69 bits per heavy atom. The first kappa shape index (κ1) is 12.0. The van der Waals surface area contributed by atoms with Gasteiger partial charge in [-0.15, -0.1) is 0 Å². The molecule has 0 aliphatic rings. The molecule has 0 heterocycles. The molecule has 0 aliphatic heterocycles. The van der Waals surface area contributed by atoms with Gasteiger partial charge in [-0.05, 0) is 42.7 Å². The zero-order chi connectivity index (χ0) is 12.1. The minimum absolute atomic E-state index is 0.181. The van der Waals surface area contributed by atoms with Crippen LogP contribution in [0.15, 0.2) is 17.2 Å². The monoisotopic (exact) mass is 220 g/mol. The standard InChI is InChI=1S/C11H16N4O/c1-7-8(2)10(16-3)5-4-9(7)6-14-15-11(12)13/h4-6H,1-3H3,(H4,12,13,15)/b14-6+. The van der Waals surface area contributed by atoms with Gasteiger partial charge in [-0.25, -0.2) is 5.43 Å².